The average molecular weight is 324 g/mol. The molecule has 1 atom stereocenters. The first kappa shape index (κ1) is 17.3. The molecule has 0 unspecified atom stereocenters. The second-order valence-corrected chi connectivity index (χ2v) is 8.69. The molecule has 2 rings (SSSR count). The molecule has 4 heteroatoms. The van der Waals surface area contributed by atoms with Gasteiger partial charge in [-0.2, -0.15) is 0 Å². The van der Waals surface area contributed by atoms with Crippen LogP contribution in [0.3, 0.4) is 0 Å². The summed E-state index contributed by atoms with van der Waals surface area (Å²) in [6.07, 6.45) is 6.75. The largest absolute Gasteiger partial charge is 0.490 e. The van der Waals surface area contributed by atoms with Crippen molar-refractivity contribution in [3.8, 4) is 5.75 Å². The van der Waals surface area contributed by atoms with Crippen molar-refractivity contribution >= 4 is 9.84 Å². The molecule has 1 aliphatic carbocycles. The number of ether oxygens (including phenoxy) is 1. The fraction of sp³-hybridized carbons (Fsp3) is 0.667. The number of sulfone groups is 1. The Hall–Kier alpha value is -1.03. The average Bonchev–Trinajstić information content (AvgIpc) is 2.98. The van der Waals surface area contributed by atoms with Crippen LogP contribution in [0.15, 0.2) is 24.3 Å². The smallest absolute Gasteiger partial charge is 0.150 e. The molecule has 1 aromatic rings. The lowest BCUT2D eigenvalue weighted by Crippen LogP contribution is -2.16. The van der Waals surface area contributed by atoms with Gasteiger partial charge in [0.2, 0.25) is 0 Å². The number of rotatable bonds is 8. The first-order valence-corrected chi connectivity index (χ1v) is 10.3. The van der Waals surface area contributed by atoms with E-state index >= 15 is 0 Å². The molecule has 1 aliphatic rings. The molecule has 1 saturated carbocycles. The third-order valence-electron chi connectivity index (χ3n) is 4.34. The van der Waals surface area contributed by atoms with E-state index in [0.29, 0.717) is 11.9 Å². The molecule has 3 nitrogen and oxygen atoms in total. The van der Waals surface area contributed by atoms with E-state index in [1.54, 1.807) is 0 Å². The molecular weight excluding hydrogens is 296 g/mol. The first-order chi connectivity index (χ1) is 10.5. The molecule has 22 heavy (non-hydrogen) atoms. The molecule has 0 bridgehead atoms. The number of hydrogen-bond donors (Lipinski definition) is 0. The van der Waals surface area contributed by atoms with Gasteiger partial charge in [0.05, 0.1) is 17.6 Å². The van der Waals surface area contributed by atoms with Gasteiger partial charge in [0, 0.05) is 0 Å². The Bertz CT molecular complexity index is 559. The van der Waals surface area contributed by atoms with Gasteiger partial charge in [0.25, 0.3) is 0 Å². The highest BCUT2D eigenvalue weighted by Crippen LogP contribution is 2.27. The Kier molecular flexibility index (Phi) is 6.30. The Morgan fingerprint density at radius 2 is 2.00 bits per heavy atom. The Morgan fingerprint density at radius 3 is 2.68 bits per heavy atom. The third kappa shape index (κ3) is 5.31. The van der Waals surface area contributed by atoms with E-state index in [1.807, 2.05) is 38.1 Å². The lowest BCUT2D eigenvalue weighted by atomic mass is 10.0. The molecular formula is C18H28O3S. The van der Waals surface area contributed by atoms with E-state index in [1.165, 1.54) is 12.8 Å². The van der Waals surface area contributed by atoms with E-state index in [9.17, 15) is 8.42 Å². The van der Waals surface area contributed by atoms with Crippen LogP contribution in [-0.4, -0.2) is 26.0 Å². The summed E-state index contributed by atoms with van der Waals surface area (Å²) in [6.45, 7) is 4.00. The van der Waals surface area contributed by atoms with E-state index in [0.717, 1.165) is 37.0 Å². The van der Waals surface area contributed by atoms with E-state index in [-0.39, 0.29) is 11.7 Å². The summed E-state index contributed by atoms with van der Waals surface area (Å²) in [6, 6.07) is 7.95. The van der Waals surface area contributed by atoms with E-state index < -0.39 is 9.84 Å². The fourth-order valence-corrected chi connectivity index (χ4v) is 4.87. The summed E-state index contributed by atoms with van der Waals surface area (Å²) in [5.41, 5.74) is 1.05. The standard InChI is InChI=1S/C18H28O3S/c1-3-4-12-22(19,20)14-15(2)16-8-7-11-18(13-16)21-17-9-5-6-10-17/h7-8,11,13,15,17H,3-6,9-10,12,14H2,1-2H3/t15-/m0/s1. The van der Waals surface area contributed by atoms with E-state index in [4.69, 9.17) is 4.74 Å². The minimum absolute atomic E-state index is 0.00832. The summed E-state index contributed by atoms with van der Waals surface area (Å²) in [5.74, 6) is 1.41. The zero-order valence-electron chi connectivity index (χ0n) is 13.8. The van der Waals surface area contributed by atoms with E-state index in [2.05, 4.69) is 0 Å². The van der Waals surface area contributed by atoms with Crippen molar-refractivity contribution < 1.29 is 13.2 Å². The summed E-state index contributed by atoms with van der Waals surface area (Å²) in [5, 5.41) is 0. The van der Waals surface area contributed by atoms with Gasteiger partial charge in [-0.3, -0.25) is 0 Å². The van der Waals surface area contributed by atoms with Gasteiger partial charge in [-0.15, -0.1) is 0 Å². The monoisotopic (exact) mass is 324 g/mol. The van der Waals surface area contributed by atoms with Crippen LogP contribution in [0.25, 0.3) is 0 Å². The lowest BCUT2D eigenvalue weighted by Gasteiger charge is -2.16. The summed E-state index contributed by atoms with van der Waals surface area (Å²) >= 11 is 0. The van der Waals surface area contributed by atoms with Gasteiger partial charge in [0.1, 0.15) is 5.75 Å². The van der Waals surface area contributed by atoms with Crippen LogP contribution < -0.4 is 4.74 Å². The molecule has 0 saturated heterocycles. The third-order valence-corrected chi connectivity index (χ3v) is 6.26. The highest BCUT2D eigenvalue weighted by atomic mass is 32.2. The van der Waals surface area contributed by atoms with Gasteiger partial charge in [-0.25, -0.2) is 8.42 Å². The number of hydrogen-bond acceptors (Lipinski definition) is 3. The molecule has 0 radical (unpaired) electrons. The predicted molar refractivity (Wildman–Crippen MR) is 91.3 cm³/mol. The van der Waals surface area contributed by atoms with Gasteiger partial charge >= 0.3 is 0 Å². The predicted octanol–water partition coefficient (Wildman–Crippen LogP) is 4.33. The molecule has 0 aliphatic heterocycles. The molecule has 1 aromatic carbocycles. The molecule has 0 amide bonds. The van der Waals surface area contributed by atoms with Gasteiger partial charge in [-0.1, -0.05) is 32.4 Å². The van der Waals surface area contributed by atoms with Crippen LogP contribution in [0.5, 0.6) is 5.75 Å². The number of unbranched alkanes of at least 4 members (excludes halogenated alkanes) is 1. The van der Waals surface area contributed by atoms with Gasteiger partial charge < -0.3 is 4.74 Å². The number of benzene rings is 1. The fourth-order valence-electron chi connectivity index (χ4n) is 3.02. The van der Waals surface area contributed by atoms with Crippen molar-refractivity contribution in [3.05, 3.63) is 29.8 Å². The molecule has 1 fully saturated rings. The van der Waals surface area contributed by atoms with Crippen LogP contribution >= 0.6 is 0 Å². The van der Waals surface area contributed by atoms with Crippen molar-refractivity contribution in [2.75, 3.05) is 11.5 Å². The maximum absolute atomic E-state index is 12.1. The Labute approximate surface area is 135 Å². The molecule has 124 valence electrons. The first-order valence-electron chi connectivity index (χ1n) is 8.47. The van der Waals surface area contributed by atoms with Crippen molar-refractivity contribution in [2.45, 2.75) is 64.4 Å². The normalized spacial score (nSPS) is 17.5. The lowest BCUT2D eigenvalue weighted by molar-refractivity contribution is 0.210. The summed E-state index contributed by atoms with van der Waals surface area (Å²) in [7, 11) is -2.97. The van der Waals surface area contributed by atoms with Crippen LogP contribution in [0, 0.1) is 0 Å². The topological polar surface area (TPSA) is 43.4 Å². The minimum Gasteiger partial charge on any atom is -0.490 e. The zero-order chi connectivity index (χ0) is 16.0. The van der Waals surface area contributed by atoms with Crippen molar-refractivity contribution in [1.82, 2.24) is 0 Å². The highest BCUT2D eigenvalue weighted by molar-refractivity contribution is 7.91. The minimum atomic E-state index is -2.97. The summed E-state index contributed by atoms with van der Waals surface area (Å²) in [4.78, 5) is 0. The quantitative estimate of drug-likeness (QED) is 0.715. The second kappa shape index (κ2) is 8.00. The molecule has 0 spiro atoms. The van der Waals surface area contributed by atoms with Crippen LogP contribution in [0.2, 0.25) is 0 Å². The van der Waals surface area contributed by atoms with Gasteiger partial charge in [-0.05, 0) is 55.7 Å². The van der Waals surface area contributed by atoms with Crippen LogP contribution in [0.1, 0.15) is 63.9 Å². The highest BCUT2D eigenvalue weighted by Gasteiger charge is 2.19. The van der Waals surface area contributed by atoms with Crippen LogP contribution in [-0.2, 0) is 9.84 Å². The van der Waals surface area contributed by atoms with Crippen molar-refractivity contribution in [3.63, 3.8) is 0 Å². The molecule has 0 heterocycles. The zero-order valence-corrected chi connectivity index (χ0v) is 14.6. The van der Waals surface area contributed by atoms with Gasteiger partial charge in [0.15, 0.2) is 9.84 Å². The van der Waals surface area contributed by atoms with Crippen molar-refractivity contribution in [2.24, 2.45) is 0 Å². The second-order valence-electron chi connectivity index (χ2n) is 6.47. The Morgan fingerprint density at radius 1 is 1.27 bits per heavy atom. The molecule has 0 N–H and O–H groups in total. The van der Waals surface area contributed by atoms with Crippen molar-refractivity contribution in [1.29, 1.82) is 0 Å². The maximum Gasteiger partial charge on any atom is 0.150 e. The SMILES string of the molecule is CCCCS(=O)(=O)C[C@H](C)c1cccc(OC2CCCC2)c1. The summed E-state index contributed by atoms with van der Waals surface area (Å²) < 4.78 is 30.2. The maximum atomic E-state index is 12.1. The van der Waals surface area contributed by atoms with Crippen LogP contribution in [0.4, 0.5) is 0 Å². The Balaban J connectivity index is 1.98. The molecule has 0 aromatic heterocycles.